The second kappa shape index (κ2) is 8.21. The highest BCUT2D eigenvalue weighted by Gasteiger charge is 2.12. The lowest BCUT2D eigenvalue weighted by Crippen LogP contribution is -2.15. The Labute approximate surface area is 138 Å². The van der Waals surface area contributed by atoms with E-state index in [2.05, 4.69) is 37.3 Å². The first-order valence-corrected chi connectivity index (χ1v) is 8.25. The molecule has 3 heteroatoms. The van der Waals surface area contributed by atoms with Gasteiger partial charge in [0.25, 0.3) is 0 Å². The summed E-state index contributed by atoms with van der Waals surface area (Å²) in [5.41, 5.74) is 9.80. The molecule has 2 aromatic carbocycles. The normalized spacial score (nSPS) is 12.2. The molecule has 0 radical (unpaired) electrons. The van der Waals surface area contributed by atoms with E-state index >= 15 is 0 Å². The number of halogens is 1. The Morgan fingerprint density at radius 2 is 1.73 bits per heavy atom. The van der Waals surface area contributed by atoms with Crippen molar-refractivity contribution in [2.75, 3.05) is 13.2 Å². The standard InChI is InChI=1S/C19H24ClNO/c1-3-14-5-8-16(9-6-14)17(13-21)11-15-7-10-19(22-4-2)18(20)12-15/h5-10,12,17H,3-4,11,13,21H2,1-2H3. The Hall–Kier alpha value is -1.51. The smallest absolute Gasteiger partial charge is 0.137 e. The maximum Gasteiger partial charge on any atom is 0.137 e. The number of hydrogen-bond donors (Lipinski definition) is 1. The van der Waals surface area contributed by atoms with Crippen molar-refractivity contribution in [2.24, 2.45) is 5.73 Å². The van der Waals surface area contributed by atoms with Crippen LogP contribution in [-0.4, -0.2) is 13.2 Å². The highest BCUT2D eigenvalue weighted by molar-refractivity contribution is 6.32. The van der Waals surface area contributed by atoms with Crippen LogP contribution in [0.1, 0.15) is 36.5 Å². The van der Waals surface area contributed by atoms with Gasteiger partial charge in [-0.25, -0.2) is 0 Å². The summed E-state index contributed by atoms with van der Waals surface area (Å²) in [4.78, 5) is 0. The third-order valence-corrected chi connectivity index (χ3v) is 4.22. The largest absolute Gasteiger partial charge is 0.492 e. The fourth-order valence-electron chi connectivity index (χ4n) is 2.59. The fraction of sp³-hybridized carbons (Fsp3) is 0.368. The van der Waals surface area contributed by atoms with Gasteiger partial charge >= 0.3 is 0 Å². The number of rotatable bonds is 7. The topological polar surface area (TPSA) is 35.2 Å². The van der Waals surface area contributed by atoms with Crippen LogP contribution in [0.5, 0.6) is 5.75 Å². The Balaban J connectivity index is 2.13. The van der Waals surface area contributed by atoms with Crippen LogP contribution in [0.4, 0.5) is 0 Å². The van der Waals surface area contributed by atoms with Crippen molar-refractivity contribution in [3.63, 3.8) is 0 Å². The minimum absolute atomic E-state index is 0.305. The molecular weight excluding hydrogens is 294 g/mol. The first kappa shape index (κ1) is 16.9. The molecule has 0 bridgehead atoms. The molecule has 2 nitrogen and oxygen atoms in total. The van der Waals surface area contributed by atoms with Gasteiger partial charge < -0.3 is 10.5 Å². The van der Waals surface area contributed by atoms with Crippen LogP contribution in [0.3, 0.4) is 0 Å². The Morgan fingerprint density at radius 3 is 2.27 bits per heavy atom. The molecule has 0 spiro atoms. The van der Waals surface area contributed by atoms with Crippen molar-refractivity contribution in [1.82, 2.24) is 0 Å². The second-order valence-electron chi connectivity index (χ2n) is 5.43. The molecule has 1 atom stereocenters. The van der Waals surface area contributed by atoms with Crippen molar-refractivity contribution in [1.29, 1.82) is 0 Å². The Kier molecular flexibility index (Phi) is 6.29. The van der Waals surface area contributed by atoms with E-state index in [0.29, 0.717) is 24.1 Å². The minimum Gasteiger partial charge on any atom is -0.492 e. The maximum absolute atomic E-state index is 6.26. The molecule has 0 aliphatic carbocycles. The van der Waals surface area contributed by atoms with Gasteiger partial charge in [0.15, 0.2) is 0 Å². The molecule has 22 heavy (non-hydrogen) atoms. The lowest BCUT2D eigenvalue weighted by molar-refractivity contribution is 0.340. The van der Waals surface area contributed by atoms with E-state index in [0.717, 1.165) is 18.6 Å². The van der Waals surface area contributed by atoms with Crippen molar-refractivity contribution >= 4 is 11.6 Å². The molecule has 0 saturated heterocycles. The van der Waals surface area contributed by atoms with Crippen molar-refractivity contribution < 1.29 is 4.74 Å². The van der Waals surface area contributed by atoms with Gasteiger partial charge in [0.2, 0.25) is 0 Å². The molecule has 2 N–H and O–H groups in total. The first-order valence-electron chi connectivity index (χ1n) is 7.88. The van der Waals surface area contributed by atoms with E-state index in [-0.39, 0.29) is 0 Å². The molecule has 2 aromatic rings. The summed E-state index contributed by atoms with van der Waals surface area (Å²) in [7, 11) is 0. The maximum atomic E-state index is 6.26. The van der Waals surface area contributed by atoms with E-state index in [9.17, 15) is 0 Å². The lowest BCUT2D eigenvalue weighted by Gasteiger charge is -2.16. The average Bonchev–Trinajstić information content (AvgIpc) is 2.55. The zero-order valence-corrected chi connectivity index (χ0v) is 14.1. The molecule has 0 amide bonds. The van der Waals surface area contributed by atoms with Crippen LogP contribution < -0.4 is 10.5 Å². The van der Waals surface area contributed by atoms with Gasteiger partial charge in [-0.15, -0.1) is 0 Å². The second-order valence-corrected chi connectivity index (χ2v) is 5.84. The van der Waals surface area contributed by atoms with E-state index in [1.807, 2.05) is 19.1 Å². The molecule has 0 aliphatic heterocycles. The highest BCUT2D eigenvalue weighted by atomic mass is 35.5. The number of ether oxygens (including phenoxy) is 1. The molecule has 0 fully saturated rings. The zero-order chi connectivity index (χ0) is 15.9. The summed E-state index contributed by atoms with van der Waals surface area (Å²) < 4.78 is 5.48. The number of benzene rings is 2. The zero-order valence-electron chi connectivity index (χ0n) is 13.3. The Bertz CT molecular complexity index is 595. The van der Waals surface area contributed by atoms with E-state index in [1.54, 1.807) is 0 Å². The van der Waals surface area contributed by atoms with E-state index < -0.39 is 0 Å². The average molecular weight is 318 g/mol. The van der Waals surface area contributed by atoms with Gasteiger partial charge in [-0.05, 0) is 55.1 Å². The van der Waals surface area contributed by atoms with Crippen molar-refractivity contribution in [3.05, 3.63) is 64.2 Å². The summed E-state index contributed by atoms with van der Waals surface area (Å²) in [6.45, 7) is 5.36. The van der Waals surface area contributed by atoms with Gasteiger partial charge in [0.1, 0.15) is 5.75 Å². The van der Waals surface area contributed by atoms with Gasteiger partial charge in [-0.2, -0.15) is 0 Å². The number of aryl methyl sites for hydroxylation is 1. The SMILES string of the molecule is CCOc1ccc(CC(CN)c2ccc(CC)cc2)cc1Cl. The van der Waals surface area contributed by atoms with Crippen LogP contribution >= 0.6 is 11.6 Å². The van der Waals surface area contributed by atoms with Crippen molar-refractivity contribution in [3.8, 4) is 5.75 Å². The van der Waals surface area contributed by atoms with Crippen LogP contribution in [0, 0.1) is 0 Å². The van der Waals surface area contributed by atoms with E-state index in [4.69, 9.17) is 22.1 Å². The molecule has 0 aliphatic rings. The van der Waals surface area contributed by atoms with Gasteiger partial charge in [0, 0.05) is 5.92 Å². The molecule has 0 heterocycles. The van der Waals surface area contributed by atoms with Crippen LogP contribution in [0.2, 0.25) is 5.02 Å². The summed E-state index contributed by atoms with van der Waals surface area (Å²) in [5, 5.41) is 0.663. The molecule has 118 valence electrons. The summed E-state index contributed by atoms with van der Waals surface area (Å²) >= 11 is 6.26. The number of hydrogen-bond acceptors (Lipinski definition) is 2. The first-order chi connectivity index (χ1) is 10.7. The quantitative estimate of drug-likeness (QED) is 0.811. The minimum atomic E-state index is 0.305. The fourth-order valence-corrected chi connectivity index (χ4v) is 2.85. The molecule has 0 saturated carbocycles. The highest BCUT2D eigenvalue weighted by Crippen LogP contribution is 2.28. The molecular formula is C19H24ClNO. The van der Waals surface area contributed by atoms with Crippen LogP contribution in [0.25, 0.3) is 0 Å². The van der Waals surface area contributed by atoms with Gasteiger partial charge in [-0.1, -0.05) is 48.9 Å². The molecule has 1 unspecified atom stereocenters. The summed E-state index contributed by atoms with van der Waals surface area (Å²) in [5.74, 6) is 1.05. The summed E-state index contributed by atoms with van der Waals surface area (Å²) in [6.07, 6.45) is 1.94. The summed E-state index contributed by atoms with van der Waals surface area (Å²) in [6, 6.07) is 14.7. The van der Waals surface area contributed by atoms with Crippen LogP contribution in [0.15, 0.2) is 42.5 Å². The van der Waals surface area contributed by atoms with Crippen LogP contribution in [-0.2, 0) is 12.8 Å². The predicted octanol–water partition coefficient (Wildman–Crippen LogP) is 4.59. The van der Waals surface area contributed by atoms with Gasteiger partial charge in [0.05, 0.1) is 11.6 Å². The molecule has 2 rings (SSSR count). The predicted molar refractivity (Wildman–Crippen MR) is 93.9 cm³/mol. The molecule has 0 aromatic heterocycles. The Morgan fingerprint density at radius 1 is 1.05 bits per heavy atom. The van der Waals surface area contributed by atoms with Gasteiger partial charge in [-0.3, -0.25) is 0 Å². The monoisotopic (exact) mass is 317 g/mol. The number of nitrogens with two attached hydrogens (primary N) is 1. The lowest BCUT2D eigenvalue weighted by atomic mass is 9.91. The third-order valence-electron chi connectivity index (χ3n) is 3.92. The van der Waals surface area contributed by atoms with Crippen molar-refractivity contribution in [2.45, 2.75) is 32.6 Å². The third kappa shape index (κ3) is 4.25. The van der Waals surface area contributed by atoms with E-state index in [1.165, 1.54) is 16.7 Å².